The van der Waals surface area contributed by atoms with Crippen LogP contribution in [0.5, 0.6) is 0 Å². The van der Waals surface area contributed by atoms with Crippen molar-refractivity contribution < 1.29 is 14.3 Å². The Morgan fingerprint density at radius 1 is 1.59 bits per heavy atom. The highest BCUT2D eigenvalue weighted by molar-refractivity contribution is 5.92. The molecule has 0 aliphatic carbocycles. The van der Waals surface area contributed by atoms with Gasteiger partial charge >= 0.3 is 0 Å². The van der Waals surface area contributed by atoms with Crippen LogP contribution in [0.4, 0.5) is 0 Å². The lowest BCUT2D eigenvalue weighted by Gasteiger charge is -2.08. The summed E-state index contributed by atoms with van der Waals surface area (Å²) >= 11 is 0. The van der Waals surface area contributed by atoms with E-state index in [1.807, 2.05) is 6.92 Å². The van der Waals surface area contributed by atoms with Crippen LogP contribution in [0.15, 0.2) is 12.5 Å². The number of carbonyl (C=O) groups is 2. The first-order chi connectivity index (χ1) is 8.15. The molecule has 0 saturated heterocycles. The molecular formula is C10H16N4O3. The van der Waals surface area contributed by atoms with Gasteiger partial charge in [-0.2, -0.15) is 0 Å². The fourth-order valence-corrected chi connectivity index (χ4v) is 1.14. The molecule has 0 bridgehead atoms. The molecule has 17 heavy (non-hydrogen) atoms. The van der Waals surface area contributed by atoms with Crippen LogP contribution in [-0.2, 0) is 9.53 Å². The maximum absolute atomic E-state index is 11.4. The van der Waals surface area contributed by atoms with Gasteiger partial charge in [0.25, 0.3) is 11.8 Å². The third-order valence-corrected chi connectivity index (χ3v) is 2.01. The summed E-state index contributed by atoms with van der Waals surface area (Å²) in [5.74, 6) is -1.02. The first-order valence-corrected chi connectivity index (χ1v) is 5.35. The van der Waals surface area contributed by atoms with Gasteiger partial charge in [0.05, 0.1) is 6.20 Å². The number of aromatic nitrogens is 2. The quantitative estimate of drug-likeness (QED) is 0.648. The number of primary amides is 1. The van der Waals surface area contributed by atoms with Crippen LogP contribution in [0.1, 0.15) is 30.3 Å². The Bertz CT molecular complexity index is 389. The van der Waals surface area contributed by atoms with Gasteiger partial charge in [-0.15, -0.1) is 0 Å². The summed E-state index contributed by atoms with van der Waals surface area (Å²) in [7, 11) is 0. The molecule has 1 rings (SSSR count). The van der Waals surface area contributed by atoms with Crippen LogP contribution >= 0.6 is 0 Å². The van der Waals surface area contributed by atoms with Gasteiger partial charge in [-0.05, 0) is 6.42 Å². The number of hydrogen-bond acceptors (Lipinski definition) is 4. The molecule has 2 amide bonds. The lowest BCUT2D eigenvalue weighted by atomic mass is 10.4. The van der Waals surface area contributed by atoms with Crippen molar-refractivity contribution in [2.45, 2.75) is 19.8 Å². The molecule has 7 nitrogen and oxygen atoms in total. The summed E-state index contributed by atoms with van der Waals surface area (Å²) < 4.78 is 6.30. The third-order valence-electron chi connectivity index (χ3n) is 2.01. The van der Waals surface area contributed by atoms with Gasteiger partial charge in [0.15, 0.2) is 0 Å². The highest BCUT2D eigenvalue weighted by atomic mass is 16.5. The van der Waals surface area contributed by atoms with Crippen molar-refractivity contribution in [2.24, 2.45) is 5.73 Å². The summed E-state index contributed by atoms with van der Waals surface area (Å²) in [6, 6.07) is 0. The van der Waals surface area contributed by atoms with Gasteiger partial charge in [-0.3, -0.25) is 15.0 Å². The summed E-state index contributed by atoms with van der Waals surface area (Å²) in [4.78, 5) is 26.1. The molecule has 0 aromatic carbocycles. The van der Waals surface area contributed by atoms with Gasteiger partial charge in [0.1, 0.15) is 18.6 Å². The van der Waals surface area contributed by atoms with Gasteiger partial charge in [0, 0.05) is 6.61 Å². The first-order valence-electron chi connectivity index (χ1n) is 5.35. The number of ether oxygens (including phenoxy) is 1. The number of amides is 2. The van der Waals surface area contributed by atoms with Crippen LogP contribution in [0, 0.1) is 0 Å². The van der Waals surface area contributed by atoms with Gasteiger partial charge < -0.3 is 10.5 Å². The molecule has 94 valence electrons. The molecule has 0 atom stereocenters. The Labute approximate surface area is 98.9 Å². The Morgan fingerprint density at radius 2 is 2.35 bits per heavy atom. The van der Waals surface area contributed by atoms with E-state index in [1.165, 1.54) is 17.2 Å². The van der Waals surface area contributed by atoms with Crippen molar-refractivity contribution >= 4 is 11.8 Å². The van der Waals surface area contributed by atoms with Gasteiger partial charge in [-0.1, -0.05) is 13.3 Å². The van der Waals surface area contributed by atoms with E-state index in [4.69, 9.17) is 10.5 Å². The average molecular weight is 240 g/mol. The molecule has 0 aliphatic heterocycles. The predicted molar refractivity (Wildman–Crippen MR) is 60.8 cm³/mol. The van der Waals surface area contributed by atoms with Crippen molar-refractivity contribution in [1.29, 1.82) is 0 Å². The second kappa shape index (κ2) is 6.64. The Morgan fingerprint density at radius 3 is 3.00 bits per heavy atom. The van der Waals surface area contributed by atoms with Crippen LogP contribution in [0.25, 0.3) is 0 Å². The highest BCUT2D eigenvalue weighted by Gasteiger charge is 2.10. The van der Waals surface area contributed by atoms with E-state index in [1.54, 1.807) is 0 Å². The molecule has 0 fully saturated rings. The van der Waals surface area contributed by atoms with E-state index in [2.05, 4.69) is 10.4 Å². The number of nitrogens with two attached hydrogens (primary N) is 1. The normalized spacial score (nSPS) is 10.2. The molecule has 0 aliphatic rings. The highest BCUT2D eigenvalue weighted by Crippen LogP contribution is 1.95. The van der Waals surface area contributed by atoms with Crippen LogP contribution in [-0.4, -0.2) is 34.7 Å². The molecule has 0 spiro atoms. The monoisotopic (exact) mass is 240 g/mol. The predicted octanol–water partition coefficient (Wildman–Crippen LogP) is -0.131. The molecule has 0 unspecified atom stereocenters. The second-order valence-electron chi connectivity index (χ2n) is 3.45. The maximum Gasteiger partial charge on any atom is 0.268 e. The molecule has 0 saturated carbocycles. The summed E-state index contributed by atoms with van der Waals surface area (Å²) in [5, 5.41) is 0. The zero-order chi connectivity index (χ0) is 12.7. The lowest BCUT2D eigenvalue weighted by Crippen LogP contribution is -2.30. The van der Waals surface area contributed by atoms with Gasteiger partial charge in [0.2, 0.25) is 0 Å². The van der Waals surface area contributed by atoms with E-state index < -0.39 is 5.91 Å². The first kappa shape index (κ1) is 13.2. The Hall–Kier alpha value is -1.89. The largest absolute Gasteiger partial charge is 0.372 e. The topological polar surface area (TPSA) is 99.2 Å². The number of rotatable bonds is 7. The van der Waals surface area contributed by atoms with E-state index in [0.717, 1.165) is 12.8 Å². The minimum absolute atomic E-state index is 0.0591. The van der Waals surface area contributed by atoms with Crippen molar-refractivity contribution in [3.05, 3.63) is 18.2 Å². The average Bonchev–Trinajstić information content (AvgIpc) is 2.72. The van der Waals surface area contributed by atoms with Crippen LogP contribution in [0.3, 0.4) is 0 Å². The van der Waals surface area contributed by atoms with Crippen molar-refractivity contribution in [1.82, 2.24) is 9.66 Å². The fourth-order valence-electron chi connectivity index (χ4n) is 1.14. The molecule has 7 heteroatoms. The molecular weight excluding hydrogens is 224 g/mol. The van der Waals surface area contributed by atoms with E-state index in [-0.39, 0.29) is 18.2 Å². The lowest BCUT2D eigenvalue weighted by molar-refractivity contribution is -0.121. The second-order valence-corrected chi connectivity index (χ2v) is 3.45. The van der Waals surface area contributed by atoms with E-state index in [9.17, 15) is 9.59 Å². The van der Waals surface area contributed by atoms with Crippen LogP contribution < -0.4 is 11.2 Å². The van der Waals surface area contributed by atoms with Crippen molar-refractivity contribution in [2.75, 3.05) is 18.6 Å². The van der Waals surface area contributed by atoms with Crippen LogP contribution in [0.2, 0.25) is 0 Å². The molecule has 1 aromatic rings. The Balaban J connectivity index is 2.40. The minimum atomic E-state index is -0.658. The van der Waals surface area contributed by atoms with Crippen molar-refractivity contribution in [3.8, 4) is 0 Å². The number of hydrogen-bond donors (Lipinski definition) is 2. The number of nitrogens with one attached hydrogen (secondary N) is 1. The fraction of sp³-hybridized carbons (Fsp3) is 0.500. The third kappa shape index (κ3) is 4.23. The number of unbranched alkanes of at least 4 members (excludes halogenated alkanes) is 1. The van der Waals surface area contributed by atoms with Crippen molar-refractivity contribution in [3.63, 3.8) is 0 Å². The maximum atomic E-state index is 11.4. The smallest absolute Gasteiger partial charge is 0.268 e. The molecule has 1 aromatic heterocycles. The van der Waals surface area contributed by atoms with E-state index in [0.29, 0.717) is 6.61 Å². The minimum Gasteiger partial charge on any atom is -0.372 e. The van der Waals surface area contributed by atoms with Gasteiger partial charge in [-0.25, -0.2) is 9.66 Å². The summed E-state index contributed by atoms with van der Waals surface area (Å²) in [5.41, 5.74) is 7.65. The summed E-state index contributed by atoms with van der Waals surface area (Å²) in [6.07, 6.45) is 4.49. The van der Waals surface area contributed by atoms with E-state index >= 15 is 0 Å². The number of carbonyl (C=O) groups excluding carboxylic acids is 2. The number of imidazole rings is 1. The number of nitrogens with zero attached hydrogens (tertiary/aromatic N) is 2. The molecule has 0 radical (unpaired) electrons. The Kier molecular flexibility index (Phi) is 5.15. The standard InChI is InChI=1S/C10H16N4O3/c1-2-3-4-17-6-9(15)13-14-7-12-5-8(14)10(11)16/h5,7H,2-4,6H2,1H3,(H2,11,16)(H,13,15). The summed E-state index contributed by atoms with van der Waals surface area (Å²) in [6.45, 7) is 2.51. The zero-order valence-electron chi connectivity index (χ0n) is 9.68. The molecule has 3 N–H and O–H groups in total. The molecule has 1 heterocycles. The zero-order valence-corrected chi connectivity index (χ0v) is 9.68. The SMILES string of the molecule is CCCCOCC(=O)Nn1cncc1C(N)=O.